The van der Waals surface area contributed by atoms with E-state index in [1.54, 1.807) is 0 Å². The average Bonchev–Trinajstić information content (AvgIpc) is 2.61. The topological polar surface area (TPSA) is 107 Å². The second kappa shape index (κ2) is 7.42. The number of carbonyl (C=O) groups is 1. The molecule has 1 aliphatic rings. The molecule has 0 unspecified atom stereocenters. The second-order valence-electron chi connectivity index (χ2n) is 6.35. The van der Waals surface area contributed by atoms with Gasteiger partial charge in [-0.05, 0) is 18.9 Å². The molecular formula is C17H20N4O4. The van der Waals surface area contributed by atoms with Crippen LogP contribution in [0.5, 0.6) is 0 Å². The summed E-state index contributed by atoms with van der Waals surface area (Å²) in [6.45, 7) is 0.233. The van der Waals surface area contributed by atoms with Crippen LogP contribution in [0, 0.1) is 10.1 Å². The van der Waals surface area contributed by atoms with Crippen LogP contribution in [-0.4, -0.2) is 26.4 Å². The lowest BCUT2D eigenvalue weighted by Gasteiger charge is -2.22. The molecule has 0 bridgehead atoms. The molecule has 1 aromatic carbocycles. The summed E-state index contributed by atoms with van der Waals surface area (Å²) in [5.41, 5.74) is -0.128. The highest BCUT2D eigenvalue weighted by molar-refractivity contribution is 5.80. The summed E-state index contributed by atoms with van der Waals surface area (Å²) in [4.78, 5) is 38.9. The molecule has 0 spiro atoms. The number of aromatic nitrogens is 2. The molecule has 1 N–H and O–H groups in total. The number of fused-ring (bicyclic) bond motifs is 1. The lowest BCUT2D eigenvalue weighted by molar-refractivity contribution is -0.384. The minimum Gasteiger partial charge on any atom is -0.353 e. The Bertz CT molecular complexity index is 855. The van der Waals surface area contributed by atoms with E-state index >= 15 is 0 Å². The number of hydrogen-bond acceptors (Lipinski definition) is 5. The Morgan fingerprint density at radius 1 is 1.32 bits per heavy atom. The van der Waals surface area contributed by atoms with Gasteiger partial charge in [-0.3, -0.25) is 24.3 Å². The second-order valence-corrected chi connectivity index (χ2v) is 6.35. The number of nitrogens with zero attached hydrogens (tertiary/aromatic N) is 3. The Hall–Kier alpha value is -2.77. The fourth-order valence-electron chi connectivity index (χ4n) is 3.19. The number of carbonyl (C=O) groups excluding carboxylic acids is 1. The number of non-ortho nitro benzene ring substituents is 1. The third kappa shape index (κ3) is 4.01. The Morgan fingerprint density at radius 3 is 2.80 bits per heavy atom. The minimum atomic E-state index is -0.526. The fraction of sp³-hybridized carbons (Fsp3) is 0.471. The highest BCUT2D eigenvalue weighted by Crippen LogP contribution is 2.18. The first kappa shape index (κ1) is 17.1. The maximum absolute atomic E-state index is 12.4. The molecular weight excluding hydrogens is 324 g/mol. The van der Waals surface area contributed by atoms with Crippen LogP contribution in [0.15, 0.2) is 29.3 Å². The van der Waals surface area contributed by atoms with Gasteiger partial charge in [-0.1, -0.05) is 19.3 Å². The van der Waals surface area contributed by atoms with Crippen molar-refractivity contribution in [1.29, 1.82) is 0 Å². The highest BCUT2D eigenvalue weighted by Gasteiger charge is 2.16. The van der Waals surface area contributed by atoms with E-state index in [-0.39, 0.29) is 41.7 Å². The van der Waals surface area contributed by atoms with Crippen LogP contribution < -0.4 is 10.9 Å². The largest absolute Gasteiger partial charge is 0.353 e. The monoisotopic (exact) mass is 344 g/mol. The van der Waals surface area contributed by atoms with Gasteiger partial charge in [0.2, 0.25) is 5.91 Å². The number of nitrogens with one attached hydrogen (secondary N) is 1. The summed E-state index contributed by atoms with van der Waals surface area (Å²) in [6, 6.07) is 4.21. The van der Waals surface area contributed by atoms with Crippen LogP contribution in [-0.2, 0) is 11.3 Å². The summed E-state index contributed by atoms with van der Waals surface area (Å²) in [7, 11) is 0. The quantitative estimate of drug-likeness (QED) is 0.660. The van der Waals surface area contributed by atoms with Crippen molar-refractivity contribution < 1.29 is 9.72 Å². The van der Waals surface area contributed by atoms with E-state index in [1.807, 2.05) is 0 Å². The Labute approximate surface area is 144 Å². The first-order valence-electron chi connectivity index (χ1n) is 8.47. The molecule has 1 saturated carbocycles. The summed E-state index contributed by atoms with van der Waals surface area (Å²) in [5.74, 6) is -0.0670. The molecule has 1 aromatic heterocycles. The predicted octanol–water partition coefficient (Wildman–Crippen LogP) is 2.14. The third-order valence-corrected chi connectivity index (χ3v) is 4.57. The minimum absolute atomic E-state index is 0.0670. The zero-order chi connectivity index (χ0) is 17.8. The molecule has 1 fully saturated rings. The van der Waals surface area contributed by atoms with Crippen LogP contribution in [0.1, 0.15) is 38.5 Å². The zero-order valence-electron chi connectivity index (χ0n) is 13.8. The fourth-order valence-corrected chi connectivity index (χ4v) is 3.19. The van der Waals surface area contributed by atoms with E-state index < -0.39 is 4.92 Å². The van der Waals surface area contributed by atoms with E-state index in [0.717, 1.165) is 25.7 Å². The SMILES string of the molecule is O=C(CCn1cnc2cc([N+](=O)[O-])ccc2c1=O)NC1CCCCC1. The highest BCUT2D eigenvalue weighted by atomic mass is 16.6. The smallest absolute Gasteiger partial charge is 0.271 e. The first-order valence-corrected chi connectivity index (χ1v) is 8.47. The van der Waals surface area contributed by atoms with Gasteiger partial charge < -0.3 is 5.32 Å². The van der Waals surface area contributed by atoms with Gasteiger partial charge in [-0.15, -0.1) is 0 Å². The summed E-state index contributed by atoms with van der Waals surface area (Å²) < 4.78 is 1.37. The Balaban J connectivity index is 1.68. The maximum atomic E-state index is 12.4. The molecule has 8 heteroatoms. The number of aryl methyl sites for hydroxylation is 1. The number of amides is 1. The van der Waals surface area contributed by atoms with Gasteiger partial charge in [-0.2, -0.15) is 0 Å². The van der Waals surface area contributed by atoms with Crippen molar-refractivity contribution in [2.75, 3.05) is 0 Å². The van der Waals surface area contributed by atoms with Gasteiger partial charge in [0.1, 0.15) is 0 Å². The van der Waals surface area contributed by atoms with Gasteiger partial charge in [0.05, 0.1) is 22.2 Å². The van der Waals surface area contributed by atoms with Crippen LogP contribution in [0.3, 0.4) is 0 Å². The lowest BCUT2D eigenvalue weighted by atomic mass is 9.95. The van der Waals surface area contributed by atoms with Gasteiger partial charge in [-0.25, -0.2) is 4.98 Å². The van der Waals surface area contributed by atoms with Crippen molar-refractivity contribution in [3.8, 4) is 0 Å². The maximum Gasteiger partial charge on any atom is 0.271 e. The van der Waals surface area contributed by atoms with Gasteiger partial charge in [0.15, 0.2) is 0 Å². The van der Waals surface area contributed by atoms with Gasteiger partial charge in [0, 0.05) is 31.1 Å². The predicted molar refractivity (Wildman–Crippen MR) is 92.3 cm³/mol. The Kier molecular flexibility index (Phi) is 5.06. The first-order chi connectivity index (χ1) is 12.0. The van der Waals surface area contributed by atoms with Crippen molar-refractivity contribution in [3.05, 3.63) is 45.0 Å². The molecule has 1 amide bonds. The van der Waals surface area contributed by atoms with Crippen molar-refractivity contribution in [1.82, 2.24) is 14.9 Å². The standard InChI is InChI=1S/C17H20N4O4/c22-16(19-12-4-2-1-3-5-12)8-9-20-11-18-15-10-13(21(24)25)6-7-14(15)17(20)23/h6-7,10-12H,1-5,8-9H2,(H,19,22). The molecule has 25 heavy (non-hydrogen) atoms. The lowest BCUT2D eigenvalue weighted by Crippen LogP contribution is -2.37. The van der Waals surface area contributed by atoms with Crippen molar-refractivity contribution >= 4 is 22.5 Å². The number of rotatable bonds is 5. The number of hydrogen-bond donors (Lipinski definition) is 1. The van der Waals surface area contributed by atoms with Crippen LogP contribution >= 0.6 is 0 Å². The molecule has 0 radical (unpaired) electrons. The van der Waals surface area contributed by atoms with Crippen molar-refractivity contribution in [2.24, 2.45) is 0 Å². The Morgan fingerprint density at radius 2 is 2.08 bits per heavy atom. The average molecular weight is 344 g/mol. The summed E-state index contributed by atoms with van der Waals surface area (Å²) in [6.07, 6.45) is 7.09. The third-order valence-electron chi connectivity index (χ3n) is 4.57. The van der Waals surface area contributed by atoms with Crippen LogP contribution in [0.25, 0.3) is 10.9 Å². The van der Waals surface area contributed by atoms with Gasteiger partial charge >= 0.3 is 0 Å². The van der Waals surface area contributed by atoms with E-state index in [2.05, 4.69) is 10.3 Å². The molecule has 0 atom stereocenters. The van der Waals surface area contributed by atoms with Crippen LogP contribution in [0.2, 0.25) is 0 Å². The molecule has 3 rings (SSSR count). The van der Waals surface area contributed by atoms with E-state index in [0.29, 0.717) is 5.39 Å². The van der Waals surface area contributed by atoms with Crippen molar-refractivity contribution in [2.45, 2.75) is 51.1 Å². The van der Waals surface area contributed by atoms with E-state index in [9.17, 15) is 19.7 Å². The normalized spacial score (nSPS) is 15.2. The van der Waals surface area contributed by atoms with Crippen LogP contribution in [0.4, 0.5) is 5.69 Å². The van der Waals surface area contributed by atoms with Gasteiger partial charge in [0.25, 0.3) is 11.2 Å². The summed E-state index contributed by atoms with van der Waals surface area (Å²) in [5, 5.41) is 14.1. The summed E-state index contributed by atoms with van der Waals surface area (Å²) >= 11 is 0. The molecule has 1 heterocycles. The molecule has 2 aromatic rings. The van der Waals surface area contributed by atoms with E-state index in [1.165, 1.54) is 35.5 Å². The molecule has 1 aliphatic carbocycles. The number of nitro benzene ring substituents is 1. The molecule has 132 valence electrons. The molecule has 8 nitrogen and oxygen atoms in total. The van der Waals surface area contributed by atoms with Crippen molar-refractivity contribution in [3.63, 3.8) is 0 Å². The molecule has 0 saturated heterocycles. The number of benzene rings is 1. The molecule has 0 aliphatic heterocycles. The van der Waals surface area contributed by atoms with E-state index in [4.69, 9.17) is 0 Å². The zero-order valence-corrected chi connectivity index (χ0v) is 13.8. The number of nitro groups is 1.